The van der Waals surface area contributed by atoms with E-state index in [1.165, 1.54) is 23.4 Å². The summed E-state index contributed by atoms with van der Waals surface area (Å²) in [5.74, 6) is 0.204. The van der Waals surface area contributed by atoms with Gasteiger partial charge in [-0.3, -0.25) is 9.09 Å². The van der Waals surface area contributed by atoms with E-state index in [0.717, 1.165) is 30.5 Å². The molecule has 0 fully saturated rings. The fraction of sp³-hybridized carbons (Fsp3) is 0.591. The first-order valence-corrected chi connectivity index (χ1v) is 14.2. The Labute approximate surface area is 217 Å². The van der Waals surface area contributed by atoms with Gasteiger partial charge in [0.1, 0.15) is 25.0 Å². The third-order valence-corrected chi connectivity index (χ3v) is 8.61. The second-order valence-electron chi connectivity index (χ2n) is 8.56. The summed E-state index contributed by atoms with van der Waals surface area (Å²) in [4.78, 5) is 14.3. The van der Waals surface area contributed by atoms with E-state index in [-0.39, 0.29) is 24.3 Å². The Morgan fingerprint density at radius 3 is 2.46 bits per heavy atom. The molecule has 10 nitrogen and oxygen atoms in total. The monoisotopic (exact) mass is 549 g/mol. The number of halogens is 2. The molecule has 1 aromatic carbocycles. The van der Waals surface area contributed by atoms with Crippen LogP contribution >= 0.6 is 30.9 Å². The average molecular weight is 550 g/mol. The number of nitrogens with one attached hydrogen (secondary N) is 1. The molecular formula is C22H36Cl2N6O4P+. The minimum atomic E-state index is -3.52. The Morgan fingerprint density at radius 1 is 1.26 bits per heavy atom. The molecule has 1 aromatic heterocycles. The van der Waals surface area contributed by atoms with E-state index < -0.39 is 12.6 Å². The summed E-state index contributed by atoms with van der Waals surface area (Å²) in [6.45, 7) is 5.92. The first kappa shape index (κ1) is 29.7. The largest absolute Gasteiger partial charge is 0.434 e. The Hall–Kier alpha value is -1.52. The maximum Gasteiger partial charge on any atom is 0.434 e. The second kappa shape index (κ2) is 14.3. The van der Waals surface area contributed by atoms with Crippen LogP contribution in [0.25, 0.3) is 0 Å². The number of quaternary nitrogens is 1. The zero-order chi connectivity index (χ0) is 25.9. The highest BCUT2D eigenvalue weighted by Crippen LogP contribution is 2.47. The van der Waals surface area contributed by atoms with Gasteiger partial charge in [-0.05, 0) is 11.8 Å². The van der Waals surface area contributed by atoms with E-state index in [4.69, 9.17) is 27.7 Å². The van der Waals surface area contributed by atoms with Gasteiger partial charge in [0.25, 0.3) is 0 Å². The van der Waals surface area contributed by atoms with E-state index in [0.29, 0.717) is 25.3 Å². The van der Waals surface area contributed by atoms with Crippen LogP contribution in [0.2, 0.25) is 0 Å². The van der Waals surface area contributed by atoms with E-state index >= 15 is 0 Å². The van der Waals surface area contributed by atoms with Gasteiger partial charge in [0, 0.05) is 43.4 Å². The van der Waals surface area contributed by atoms with Gasteiger partial charge in [-0.15, -0.1) is 23.2 Å². The van der Waals surface area contributed by atoms with Crippen molar-refractivity contribution >= 4 is 36.8 Å². The quantitative estimate of drug-likeness (QED) is 0.0779. The van der Waals surface area contributed by atoms with Gasteiger partial charge in [-0.1, -0.05) is 35.3 Å². The Kier molecular flexibility index (Phi) is 12.1. The standard InChI is InChI=1S/C22H36Cl2N6O4P/c1-4-30(3,18-20-9-6-5-7-10-20)16-8-13-26-35(33,28(14-11-23)15-12-24)34-19-21-17-25-22(27(21)2)29(31)32/h5-7,9-10,17H,4,8,11-16,18-19H2,1-3H3,(H,26,33)/q+1. The van der Waals surface area contributed by atoms with Gasteiger partial charge in [-0.2, -0.15) is 0 Å². The molecule has 13 heteroatoms. The number of hydrogen-bond acceptors (Lipinski definition) is 5. The molecule has 1 N–H and O–H groups in total. The summed E-state index contributed by atoms with van der Waals surface area (Å²) in [7, 11) is 0.213. The van der Waals surface area contributed by atoms with E-state index in [9.17, 15) is 14.7 Å². The number of imidazole rings is 1. The molecule has 0 saturated heterocycles. The predicted octanol–water partition coefficient (Wildman–Crippen LogP) is 4.38. The lowest BCUT2D eigenvalue weighted by atomic mass is 10.2. The van der Waals surface area contributed by atoms with Gasteiger partial charge in [-0.25, -0.2) is 14.3 Å². The summed E-state index contributed by atoms with van der Waals surface area (Å²) >= 11 is 11.9. The molecule has 2 aromatic rings. The summed E-state index contributed by atoms with van der Waals surface area (Å²) in [6, 6.07) is 10.4. The molecular weight excluding hydrogens is 514 g/mol. The van der Waals surface area contributed by atoms with Crippen LogP contribution in [0.4, 0.5) is 5.95 Å². The zero-order valence-electron chi connectivity index (χ0n) is 20.6. The smallest absolute Gasteiger partial charge is 0.390 e. The number of nitro groups is 1. The number of alkyl halides is 2. The molecule has 0 bridgehead atoms. The summed E-state index contributed by atoms with van der Waals surface area (Å²) < 4.78 is 23.6. The Balaban J connectivity index is 2.06. The van der Waals surface area contributed by atoms with E-state index in [1.807, 2.05) is 18.2 Å². The lowest BCUT2D eigenvalue weighted by molar-refractivity contribution is -0.921. The van der Waals surface area contributed by atoms with Crippen molar-refractivity contribution in [3.05, 3.63) is 57.9 Å². The fourth-order valence-electron chi connectivity index (χ4n) is 3.74. The molecule has 35 heavy (non-hydrogen) atoms. The van der Waals surface area contributed by atoms with E-state index in [2.05, 4.69) is 36.2 Å². The van der Waals surface area contributed by atoms with Crippen molar-refractivity contribution in [1.29, 1.82) is 0 Å². The van der Waals surface area contributed by atoms with Crippen LogP contribution in [0.15, 0.2) is 36.5 Å². The highest BCUT2D eigenvalue weighted by Gasteiger charge is 2.33. The van der Waals surface area contributed by atoms with Crippen molar-refractivity contribution < 1.29 is 18.5 Å². The molecule has 0 aliphatic rings. The van der Waals surface area contributed by atoms with Crippen molar-refractivity contribution in [2.75, 3.05) is 51.5 Å². The number of hydrogen-bond donors (Lipinski definition) is 1. The van der Waals surface area contributed by atoms with Crippen molar-refractivity contribution in [1.82, 2.24) is 19.3 Å². The summed E-state index contributed by atoms with van der Waals surface area (Å²) in [6.07, 6.45) is 2.13. The van der Waals surface area contributed by atoms with Gasteiger partial charge in [0.05, 0.1) is 27.2 Å². The van der Waals surface area contributed by atoms with Crippen molar-refractivity contribution in [2.45, 2.75) is 26.5 Å². The molecule has 196 valence electrons. The highest BCUT2D eigenvalue weighted by atomic mass is 35.5. The van der Waals surface area contributed by atoms with E-state index in [1.54, 1.807) is 4.67 Å². The Morgan fingerprint density at radius 2 is 1.91 bits per heavy atom. The van der Waals surface area contributed by atoms with Crippen LogP contribution in [0.5, 0.6) is 0 Å². The fourth-order valence-corrected chi connectivity index (χ4v) is 6.32. The van der Waals surface area contributed by atoms with Gasteiger partial charge in [0.2, 0.25) is 0 Å². The minimum absolute atomic E-state index is 0.112. The van der Waals surface area contributed by atoms with Gasteiger partial charge >= 0.3 is 13.6 Å². The maximum absolute atomic E-state index is 13.9. The maximum atomic E-state index is 13.9. The van der Waals surface area contributed by atoms with Crippen LogP contribution in [-0.4, -0.2) is 75.2 Å². The van der Waals surface area contributed by atoms with Crippen molar-refractivity contribution in [3.8, 4) is 0 Å². The number of nitrogens with zero attached hydrogens (tertiary/aromatic N) is 5. The van der Waals surface area contributed by atoms with Gasteiger partial charge in [0.15, 0.2) is 0 Å². The van der Waals surface area contributed by atoms with Crippen molar-refractivity contribution in [3.63, 3.8) is 0 Å². The number of aromatic nitrogens is 2. The predicted molar refractivity (Wildman–Crippen MR) is 140 cm³/mol. The molecule has 0 aliphatic heterocycles. The molecule has 0 spiro atoms. The third-order valence-electron chi connectivity index (χ3n) is 6.03. The number of benzene rings is 1. The van der Waals surface area contributed by atoms with Gasteiger partial charge < -0.3 is 14.6 Å². The zero-order valence-corrected chi connectivity index (χ0v) is 23.0. The molecule has 2 rings (SSSR count). The molecule has 0 saturated carbocycles. The third kappa shape index (κ3) is 8.82. The second-order valence-corrected chi connectivity index (χ2v) is 11.5. The first-order chi connectivity index (χ1) is 16.7. The SMILES string of the molecule is CC[N+](C)(CCCNP(=O)(OCc1cnc([N+](=O)[O-])n1C)N(CCCl)CCCl)Cc1ccccc1. The lowest BCUT2D eigenvalue weighted by Crippen LogP contribution is -2.44. The minimum Gasteiger partial charge on any atom is -0.390 e. The molecule has 1 heterocycles. The molecule has 2 unspecified atom stereocenters. The van der Waals surface area contributed by atoms with Crippen LogP contribution in [0, 0.1) is 10.1 Å². The number of rotatable bonds is 17. The van der Waals surface area contributed by atoms with Crippen LogP contribution < -0.4 is 5.09 Å². The molecule has 2 atom stereocenters. The summed E-state index contributed by atoms with van der Waals surface area (Å²) in [5.41, 5.74) is 1.72. The summed E-state index contributed by atoms with van der Waals surface area (Å²) in [5, 5.41) is 14.2. The lowest BCUT2D eigenvalue weighted by Gasteiger charge is -2.34. The van der Waals surface area contributed by atoms with Crippen LogP contribution in [0.3, 0.4) is 0 Å². The molecule has 0 amide bonds. The highest BCUT2D eigenvalue weighted by molar-refractivity contribution is 7.54. The normalized spacial score (nSPS) is 15.1. The van der Waals surface area contributed by atoms with Crippen LogP contribution in [-0.2, 0) is 29.3 Å². The molecule has 0 aliphatic carbocycles. The topological polar surface area (TPSA) is 103 Å². The first-order valence-electron chi connectivity index (χ1n) is 11.6. The average Bonchev–Trinajstić information content (AvgIpc) is 3.21. The van der Waals surface area contributed by atoms with Crippen LogP contribution in [0.1, 0.15) is 24.6 Å². The Bertz CT molecular complexity index is 974. The molecule has 0 radical (unpaired) electrons. The van der Waals surface area contributed by atoms with Crippen molar-refractivity contribution in [2.24, 2.45) is 7.05 Å².